The highest BCUT2D eigenvalue weighted by molar-refractivity contribution is 5.93. The molecular weight excluding hydrogens is 496 g/mol. The molecule has 0 radical (unpaired) electrons. The van der Waals surface area contributed by atoms with Crippen molar-refractivity contribution in [3.8, 4) is 0 Å². The molecule has 1 aromatic rings. The average molecular weight is 535 g/mol. The largest absolute Gasteiger partial charge is 0.480 e. The lowest BCUT2D eigenvalue weighted by atomic mass is 10.0. The molecule has 3 amide bonds. The van der Waals surface area contributed by atoms with Gasteiger partial charge in [0, 0.05) is 19.5 Å². The highest BCUT2D eigenvalue weighted by atomic mass is 16.4. The van der Waals surface area contributed by atoms with Crippen molar-refractivity contribution in [2.75, 3.05) is 19.6 Å². The first-order valence-corrected chi connectivity index (χ1v) is 12.0. The molecule has 0 bridgehead atoms. The van der Waals surface area contributed by atoms with Crippen LogP contribution in [0.3, 0.4) is 0 Å². The number of amides is 3. The summed E-state index contributed by atoms with van der Waals surface area (Å²) >= 11 is 0. The van der Waals surface area contributed by atoms with Crippen LogP contribution in [0.1, 0.15) is 31.2 Å². The fourth-order valence-corrected chi connectivity index (χ4v) is 3.32. The molecule has 15 heteroatoms. The number of nitrogens with zero attached hydrogens (tertiary/aromatic N) is 2. The molecule has 0 fully saturated rings. The number of carbonyl (C=O) groups is 4. The lowest BCUT2D eigenvalue weighted by molar-refractivity contribution is -0.138. The number of aliphatic imine (C=N–C) groups is 2. The highest BCUT2D eigenvalue weighted by Crippen LogP contribution is 2.07. The van der Waals surface area contributed by atoms with E-state index in [1.54, 1.807) is 30.3 Å². The molecule has 15 nitrogen and oxygen atoms in total. The molecule has 0 spiro atoms. The van der Waals surface area contributed by atoms with E-state index < -0.39 is 48.4 Å². The van der Waals surface area contributed by atoms with Crippen molar-refractivity contribution in [2.24, 2.45) is 38.7 Å². The number of aliphatic carboxylic acids is 1. The van der Waals surface area contributed by atoms with Crippen LogP contribution in [0.4, 0.5) is 0 Å². The average Bonchev–Trinajstić information content (AvgIpc) is 2.86. The number of benzene rings is 1. The predicted octanol–water partition coefficient (Wildman–Crippen LogP) is -3.17. The molecule has 0 heterocycles. The topological polar surface area (TPSA) is 279 Å². The number of nitrogens with two attached hydrogens (primary N) is 5. The van der Waals surface area contributed by atoms with Crippen LogP contribution in [-0.2, 0) is 25.6 Å². The molecule has 0 aliphatic rings. The zero-order valence-electron chi connectivity index (χ0n) is 21.1. The van der Waals surface area contributed by atoms with Gasteiger partial charge in [0.05, 0.1) is 6.04 Å². The number of hydrogen-bond acceptors (Lipinski definition) is 7. The number of guanidine groups is 2. The predicted molar refractivity (Wildman–Crippen MR) is 142 cm³/mol. The van der Waals surface area contributed by atoms with E-state index in [4.69, 9.17) is 33.8 Å². The van der Waals surface area contributed by atoms with E-state index in [2.05, 4.69) is 25.9 Å². The minimum absolute atomic E-state index is 0.0713. The molecule has 1 rings (SSSR count). The van der Waals surface area contributed by atoms with Crippen LogP contribution in [-0.4, -0.2) is 78.5 Å². The Morgan fingerprint density at radius 2 is 1.34 bits per heavy atom. The van der Waals surface area contributed by atoms with Gasteiger partial charge in [0.15, 0.2) is 11.9 Å². The summed E-state index contributed by atoms with van der Waals surface area (Å²) in [6.07, 6.45) is 1.28. The Labute approximate surface area is 220 Å². The van der Waals surface area contributed by atoms with Crippen LogP contribution >= 0.6 is 0 Å². The van der Waals surface area contributed by atoms with E-state index in [0.717, 1.165) is 5.56 Å². The quantitative estimate of drug-likeness (QED) is 0.0549. The van der Waals surface area contributed by atoms with Gasteiger partial charge in [-0.05, 0) is 31.2 Å². The van der Waals surface area contributed by atoms with Gasteiger partial charge in [-0.15, -0.1) is 0 Å². The zero-order chi connectivity index (χ0) is 28.5. The Balaban J connectivity index is 2.97. The second-order valence-corrected chi connectivity index (χ2v) is 8.43. The van der Waals surface area contributed by atoms with Crippen LogP contribution in [0.5, 0.6) is 0 Å². The van der Waals surface area contributed by atoms with Crippen LogP contribution < -0.4 is 44.6 Å². The number of carbonyl (C=O) groups excluding carboxylic acids is 3. The normalized spacial score (nSPS) is 12.8. The van der Waals surface area contributed by atoms with E-state index in [1.807, 2.05) is 0 Å². The van der Waals surface area contributed by atoms with E-state index in [-0.39, 0.29) is 37.7 Å². The number of carboxylic acid groups (broad SMARTS) is 1. The van der Waals surface area contributed by atoms with E-state index in [9.17, 15) is 19.2 Å². The van der Waals surface area contributed by atoms with Crippen molar-refractivity contribution in [1.82, 2.24) is 16.0 Å². The van der Waals surface area contributed by atoms with Crippen molar-refractivity contribution < 1.29 is 24.3 Å². The summed E-state index contributed by atoms with van der Waals surface area (Å²) in [6, 6.07) is 5.76. The summed E-state index contributed by atoms with van der Waals surface area (Å²) < 4.78 is 0. The fraction of sp³-hybridized carbons (Fsp3) is 0.478. The molecule has 3 unspecified atom stereocenters. The van der Waals surface area contributed by atoms with E-state index >= 15 is 0 Å². The van der Waals surface area contributed by atoms with E-state index in [1.165, 1.54) is 0 Å². The number of nitrogens with one attached hydrogen (secondary N) is 3. The first kappa shape index (κ1) is 31.6. The van der Waals surface area contributed by atoms with Gasteiger partial charge in [0.2, 0.25) is 17.7 Å². The molecule has 38 heavy (non-hydrogen) atoms. The third-order valence-electron chi connectivity index (χ3n) is 5.21. The van der Waals surface area contributed by atoms with Gasteiger partial charge >= 0.3 is 5.97 Å². The van der Waals surface area contributed by atoms with Crippen LogP contribution in [0.15, 0.2) is 40.3 Å². The Morgan fingerprint density at radius 1 is 0.789 bits per heavy atom. The van der Waals surface area contributed by atoms with Gasteiger partial charge < -0.3 is 49.7 Å². The van der Waals surface area contributed by atoms with Crippen molar-refractivity contribution in [1.29, 1.82) is 0 Å². The maximum absolute atomic E-state index is 13.2. The smallest absolute Gasteiger partial charge is 0.322 e. The first-order chi connectivity index (χ1) is 18.0. The summed E-state index contributed by atoms with van der Waals surface area (Å²) in [5, 5.41) is 16.4. The molecule has 0 saturated carbocycles. The van der Waals surface area contributed by atoms with Gasteiger partial charge in [-0.25, -0.2) is 0 Å². The molecular formula is C23H38N10O5. The van der Waals surface area contributed by atoms with Gasteiger partial charge in [-0.1, -0.05) is 30.3 Å². The molecule has 1 aromatic carbocycles. The maximum atomic E-state index is 13.2. The minimum atomic E-state index is -1.23. The van der Waals surface area contributed by atoms with Crippen LogP contribution in [0.25, 0.3) is 0 Å². The summed E-state index contributed by atoms with van der Waals surface area (Å²) in [5.74, 6) is -3.34. The van der Waals surface area contributed by atoms with Crippen LogP contribution in [0, 0.1) is 0 Å². The SMILES string of the molecule is NC(N)=NCCCC(N)C(=O)NC(CCCN=C(N)N)C(=O)NC(Cc1ccccc1)C(=O)NCC(=O)O. The first-order valence-electron chi connectivity index (χ1n) is 12.0. The summed E-state index contributed by atoms with van der Waals surface area (Å²) in [4.78, 5) is 57.2. The second kappa shape index (κ2) is 17.1. The second-order valence-electron chi connectivity index (χ2n) is 8.43. The van der Waals surface area contributed by atoms with Crippen molar-refractivity contribution in [3.05, 3.63) is 35.9 Å². The van der Waals surface area contributed by atoms with Gasteiger partial charge in [0.1, 0.15) is 18.6 Å². The summed E-state index contributed by atoms with van der Waals surface area (Å²) in [7, 11) is 0. The maximum Gasteiger partial charge on any atom is 0.322 e. The fourth-order valence-electron chi connectivity index (χ4n) is 3.32. The Hall–Kier alpha value is -4.40. The van der Waals surface area contributed by atoms with Gasteiger partial charge in [-0.3, -0.25) is 29.2 Å². The zero-order valence-corrected chi connectivity index (χ0v) is 21.1. The van der Waals surface area contributed by atoms with Crippen molar-refractivity contribution in [2.45, 2.75) is 50.2 Å². The third kappa shape index (κ3) is 13.6. The molecule has 0 saturated heterocycles. The third-order valence-corrected chi connectivity index (χ3v) is 5.21. The molecule has 14 N–H and O–H groups in total. The Morgan fingerprint density at radius 3 is 1.89 bits per heavy atom. The molecule has 0 aliphatic carbocycles. The Kier molecular flexibility index (Phi) is 14.3. The summed E-state index contributed by atoms with van der Waals surface area (Å²) in [5.41, 5.74) is 27.9. The van der Waals surface area contributed by atoms with Gasteiger partial charge in [-0.2, -0.15) is 0 Å². The summed E-state index contributed by atoms with van der Waals surface area (Å²) in [6.45, 7) is -0.120. The standard InChI is InChI=1S/C23H38N10O5/c24-15(8-4-10-29-22(25)26)19(36)32-16(9-5-11-30-23(27)28)21(38)33-17(20(37)31-13-18(34)35)12-14-6-2-1-3-7-14/h1-3,6-7,15-17H,4-5,8-13,24H2,(H,31,37)(H,32,36)(H,33,38)(H,34,35)(H4,25,26,29)(H4,27,28,30). The van der Waals surface area contributed by atoms with Crippen LogP contribution in [0.2, 0.25) is 0 Å². The monoisotopic (exact) mass is 534 g/mol. The minimum Gasteiger partial charge on any atom is -0.480 e. The lowest BCUT2D eigenvalue weighted by Gasteiger charge is -2.24. The number of hydrogen-bond donors (Lipinski definition) is 9. The number of rotatable bonds is 17. The highest BCUT2D eigenvalue weighted by Gasteiger charge is 2.28. The van der Waals surface area contributed by atoms with Crippen molar-refractivity contribution in [3.63, 3.8) is 0 Å². The van der Waals surface area contributed by atoms with Crippen molar-refractivity contribution >= 4 is 35.6 Å². The van der Waals surface area contributed by atoms with E-state index in [0.29, 0.717) is 19.4 Å². The lowest BCUT2D eigenvalue weighted by Crippen LogP contribution is -2.56. The molecule has 0 aliphatic heterocycles. The molecule has 0 aromatic heterocycles. The number of carboxylic acids is 1. The Bertz CT molecular complexity index is 978. The van der Waals surface area contributed by atoms with Gasteiger partial charge in [0.25, 0.3) is 0 Å². The molecule has 3 atom stereocenters. The molecule has 210 valence electrons.